The van der Waals surface area contributed by atoms with Gasteiger partial charge in [0.05, 0.1) is 23.3 Å². The van der Waals surface area contributed by atoms with Crippen molar-refractivity contribution in [2.24, 2.45) is 0 Å². The minimum atomic E-state index is -0.499. The number of piperazine rings is 1. The third kappa shape index (κ3) is 4.95. The van der Waals surface area contributed by atoms with Crippen LogP contribution in [0.1, 0.15) is 6.42 Å². The molecule has 31 heavy (non-hydrogen) atoms. The Hall–Kier alpha value is -3.59. The van der Waals surface area contributed by atoms with Gasteiger partial charge in [0.15, 0.2) is 0 Å². The summed E-state index contributed by atoms with van der Waals surface area (Å²) in [7, 11) is 2.14. The second-order valence-electron chi connectivity index (χ2n) is 7.55. The number of nitro benzene ring substituents is 1. The molecule has 2 heterocycles. The first-order valence-electron chi connectivity index (χ1n) is 10.2. The van der Waals surface area contributed by atoms with Crippen LogP contribution in [0.2, 0.25) is 0 Å². The maximum atomic E-state index is 10.9. The van der Waals surface area contributed by atoms with E-state index in [-0.39, 0.29) is 17.3 Å². The highest BCUT2D eigenvalue weighted by Gasteiger charge is 2.23. The molecule has 1 saturated heterocycles. The number of anilines is 2. The molecular weight excluding hydrogens is 398 g/mol. The van der Waals surface area contributed by atoms with Crippen LogP contribution in [0.25, 0.3) is 0 Å². The average molecular weight is 423 g/mol. The van der Waals surface area contributed by atoms with Gasteiger partial charge < -0.3 is 24.6 Å². The van der Waals surface area contributed by atoms with E-state index in [4.69, 9.17) is 14.9 Å². The van der Waals surface area contributed by atoms with Crippen molar-refractivity contribution in [2.45, 2.75) is 6.42 Å². The number of hydrogen-bond donors (Lipinski definition) is 2. The molecule has 2 N–H and O–H groups in total. The Balaban J connectivity index is 1.43. The van der Waals surface area contributed by atoms with Crippen molar-refractivity contribution in [1.82, 2.24) is 4.90 Å². The van der Waals surface area contributed by atoms with Crippen LogP contribution in [0.4, 0.5) is 17.1 Å². The summed E-state index contributed by atoms with van der Waals surface area (Å²) >= 11 is 0. The lowest BCUT2D eigenvalue weighted by atomic mass is 10.2. The molecule has 2 aromatic rings. The van der Waals surface area contributed by atoms with Gasteiger partial charge in [-0.15, -0.1) is 0 Å². The number of nitrogens with one attached hydrogen (secondary N) is 2. The normalized spacial score (nSPS) is 16.7. The van der Waals surface area contributed by atoms with Crippen molar-refractivity contribution >= 4 is 23.0 Å². The Kier molecular flexibility index (Phi) is 6.03. The zero-order valence-corrected chi connectivity index (χ0v) is 17.3. The lowest BCUT2D eigenvalue weighted by Crippen LogP contribution is -2.44. The molecule has 0 atom stereocenters. The molecule has 2 aliphatic rings. The minimum Gasteiger partial charge on any atom is -0.486 e. The standard InChI is InChI=1S/C22H25N5O4/c1-25-10-12-26(13-11-25)17-7-5-16(6-8-17)24-20-9-14-30-21(20)22(23)31-19-4-2-3-18(15-19)27(28)29/h2-8,15,23-24H,9-14H2,1H3. The van der Waals surface area contributed by atoms with Gasteiger partial charge in [0.2, 0.25) is 5.76 Å². The third-order valence-corrected chi connectivity index (χ3v) is 5.36. The quantitative estimate of drug-likeness (QED) is 0.317. The number of non-ortho nitro benzene ring substituents is 1. The molecule has 0 amide bonds. The summed E-state index contributed by atoms with van der Waals surface area (Å²) in [6, 6.07) is 14.0. The number of rotatable bonds is 6. The van der Waals surface area contributed by atoms with Gasteiger partial charge in [0, 0.05) is 50.0 Å². The fourth-order valence-electron chi connectivity index (χ4n) is 3.60. The summed E-state index contributed by atoms with van der Waals surface area (Å²) in [5, 5.41) is 22.5. The zero-order chi connectivity index (χ0) is 21.8. The van der Waals surface area contributed by atoms with E-state index >= 15 is 0 Å². The maximum absolute atomic E-state index is 10.9. The summed E-state index contributed by atoms with van der Waals surface area (Å²) in [4.78, 5) is 15.1. The molecule has 162 valence electrons. The molecule has 0 radical (unpaired) electrons. The molecule has 2 aromatic carbocycles. The van der Waals surface area contributed by atoms with Crippen LogP contribution in [0.15, 0.2) is 60.0 Å². The first-order chi connectivity index (χ1) is 15.0. The Morgan fingerprint density at radius 2 is 1.90 bits per heavy atom. The van der Waals surface area contributed by atoms with Crippen molar-refractivity contribution in [3.8, 4) is 5.75 Å². The highest BCUT2D eigenvalue weighted by atomic mass is 16.6. The molecule has 9 heteroatoms. The fourth-order valence-corrected chi connectivity index (χ4v) is 3.60. The van der Waals surface area contributed by atoms with E-state index in [0.717, 1.165) is 37.6 Å². The summed E-state index contributed by atoms with van der Waals surface area (Å²) in [6.07, 6.45) is 0.621. The SMILES string of the molecule is CN1CCN(c2ccc(NC3=C(C(=N)Oc4cccc([N+](=O)[O-])c4)OCC3)cc2)CC1. The highest BCUT2D eigenvalue weighted by Crippen LogP contribution is 2.27. The summed E-state index contributed by atoms with van der Waals surface area (Å²) in [5.74, 6) is 0.349. The molecule has 9 nitrogen and oxygen atoms in total. The van der Waals surface area contributed by atoms with E-state index < -0.39 is 4.92 Å². The number of nitrogens with zero attached hydrogens (tertiary/aromatic N) is 3. The molecule has 0 aromatic heterocycles. The van der Waals surface area contributed by atoms with E-state index in [0.29, 0.717) is 18.8 Å². The van der Waals surface area contributed by atoms with Crippen LogP contribution in [-0.2, 0) is 4.74 Å². The van der Waals surface area contributed by atoms with Gasteiger partial charge in [-0.2, -0.15) is 0 Å². The summed E-state index contributed by atoms with van der Waals surface area (Å²) < 4.78 is 11.1. The molecule has 0 bridgehead atoms. The second kappa shape index (κ2) is 9.05. The lowest BCUT2D eigenvalue weighted by Gasteiger charge is -2.34. The van der Waals surface area contributed by atoms with Crippen molar-refractivity contribution in [2.75, 3.05) is 50.1 Å². The Morgan fingerprint density at radius 3 is 2.61 bits per heavy atom. The fraction of sp³-hybridized carbons (Fsp3) is 0.318. The largest absolute Gasteiger partial charge is 0.486 e. The van der Waals surface area contributed by atoms with Gasteiger partial charge in [-0.05, 0) is 37.4 Å². The van der Waals surface area contributed by atoms with Crippen LogP contribution < -0.4 is 15.0 Å². The van der Waals surface area contributed by atoms with Crippen LogP contribution in [0.3, 0.4) is 0 Å². The molecular formula is C22H25N5O4. The molecule has 0 spiro atoms. The van der Waals surface area contributed by atoms with E-state index in [1.165, 1.54) is 23.9 Å². The third-order valence-electron chi connectivity index (χ3n) is 5.36. The highest BCUT2D eigenvalue weighted by molar-refractivity contribution is 5.92. The Labute approximate surface area is 180 Å². The Morgan fingerprint density at radius 1 is 1.16 bits per heavy atom. The molecule has 0 saturated carbocycles. The van der Waals surface area contributed by atoms with E-state index in [2.05, 4.69) is 34.3 Å². The predicted octanol–water partition coefficient (Wildman–Crippen LogP) is 3.45. The van der Waals surface area contributed by atoms with Crippen LogP contribution in [-0.4, -0.2) is 55.6 Å². The van der Waals surface area contributed by atoms with Gasteiger partial charge >= 0.3 is 0 Å². The van der Waals surface area contributed by atoms with Gasteiger partial charge in [0.25, 0.3) is 11.6 Å². The summed E-state index contributed by atoms with van der Waals surface area (Å²) in [6.45, 7) is 4.58. The molecule has 4 rings (SSSR count). The second-order valence-corrected chi connectivity index (χ2v) is 7.55. The van der Waals surface area contributed by atoms with Crippen LogP contribution >= 0.6 is 0 Å². The molecule has 0 aliphatic carbocycles. The number of hydrogen-bond acceptors (Lipinski definition) is 8. The minimum absolute atomic E-state index is 0.0922. The van der Waals surface area contributed by atoms with Gasteiger partial charge in [0.1, 0.15) is 5.75 Å². The van der Waals surface area contributed by atoms with Crippen LogP contribution in [0.5, 0.6) is 5.75 Å². The van der Waals surface area contributed by atoms with Crippen molar-refractivity contribution in [3.05, 3.63) is 70.1 Å². The number of nitro groups is 1. The number of benzene rings is 2. The number of likely N-dealkylation sites (N-methyl/N-ethyl adjacent to an activating group) is 1. The van der Waals surface area contributed by atoms with Crippen molar-refractivity contribution in [1.29, 1.82) is 5.41 Å². The molecule has 1 fully saturated rings. The molecule has 2 aliphatic heterocycles. The lowest BCUT2D eigenvalue weighted by molar-refractivity contribution is -0.384. The monoisotopic (exact) mass is 423 g/mol. The Bertz CT molecular complexity index is 997. The van der Waals surface area contributed by atoms with E-state index in [9.17, 15) is 10.1 Å². The topological polar surface area (TPSA) is 104 Å². The van der Waals surface area contributed by atoms with Gasteiger partial charge in [-0.25, -0.2) is 0 Å². The van der Waals surface area contributed by atoms with Gasteiger partial charge in [-0.3, -0.25) is 15.5 Å². The average Bonchev–Trinajstić information content (AvgIpc) is 3.23. The van der Waals surface area contributed by atoms with Gasteiger partial charge in [-0.1, -0.05) is 6.07 Å². The van der Waals surface area contributed by atoms with Crippen molar-refractivity contribution < 1.29 is 14.4 Å². The van der Waals surface area contributed by atoms with Crippen LogP contribution in [0, 0.1) is 15.5 Å². The zero-order valence-electron chi connectivity index (χ0n) is 17.3. The summed E-state index contributed by atoms with van der Waals surface area (Å²) in [5.41, 5.74) is 2.75. The predicted molar refractivity (Wildman–Crippen MR) is 119 cm³/mol. The van der Waals surface area contributed by atoms with E-state index in [1.54, 1.807) is 6.07 Å². The number of ether oxygens (including phenoxy) is 2. The van der Waals surface area contributed by atoms with E-state index in [1.807, 2.05) is 12.1 Å². The van der Waals surface area contributed by atoms with Crippen molar-refractivity contribution in [3.63, 3.8) is 0 Å². The maximum Gasteiger partial charge on any atom is 0.273 e. The molecule has 0 unspecified atom stereocenters. The first kappa shape index (κ1) is 20.7. The first-order valence-corrected chi connectivity index (χ1v) is 10.2. The smallest absolute Gasteiger partial charge is 0.273 e.